The Labute approximate surface area is 155 Å². The first-order chi connectivity index (χ1) is 12.8. The number of carboxylic acid groups (broad SMARTS) is 1. The fourth-order valence-corrected chi connectivity index (χ4v) is 2.77. The minimum absolute atomic E-state index is 0.296. The van der Waals surface area contributed by atoms with E-state index in [1.165, 1.54) is 7.05 Å². The van der Waals surface area contributed by atoms with E-state index in [0.29, 0.717) is 12.7 Å². The summed E-state index contributed by atoms with van der Waals surface area (Å²) < 4.78 is 0. The SMILES string of the molecule is CN(CC(=O)N[C@H](C=O)CC(=O)O)C(=O)[C@@H](N)Cc1c[nH]c2ccccc12. The Morgan fingerprint density at radius 2 is 2.04 bits per heavy atom. The second kappa shape index (κ2) is 8.95. The molecule has 0 radical (unpaired) electrons. The number of carboxylic acids is 1. The number of aldehydes is 1. The molecule has 2 rings (SSSR count). The van der Waals surface area contributed by atoms with Crippen LogP contribution in [0.1, 0.15) is 12.0 Å². The van der Waals surface area contributed by atoms with Crippen molar-refractivity contribution in [1.82, 2.24) is 15.2 Å². The molecule has 0 aliphatic rings. The van der Waals surface area contributed by atoms with Gasteiger partial charge in [0.05, 0.1) is 25.0 Å². The topological polar surface area (TPSA) is 146 Å². The number of amides is 2. The summed E-state index contributed by atoms with van der Waals surface area (Å²) in [5.74, 6) is -2.28. The summed E-state index contributed by atoms with van der Waals surface area (Å²) in [4.78, 5) is 50.0. The molecule has 9 nitrogen and oxygen atoms in total. The van der Waals surface area contributed by atoms with E-state index in [-0.39, 0.29) is 6.54 Å². The summed E-state index contributed by atoms with van der Waals surface area (Å²) in [7, 11) is 1.42. The molecular weight excluding hydrogens is 352 g/mol. The summed E-state index contributed by atoms with van der Waals surface area (Å²) in [6.45, 7) is -0.329. The lowest BCUT2D eigenvalue weighted by Gasteiger charge is -2.21. The summed E-state index contributed by atoms with van der Waals surface area (Å²) in [6.07, 6.45) is 1.92. The van der Waals surface area contributed by atoms with Crippen LogP contribution < -0.4 is 11.1 Å². The van der Waals surface area contributed by atoms with Crippen LogP contribution in [-0.2, 0) is 25.6 Å². The Balaban J connectivity index is 1.92. The molecule has 1 aromatic carbocycles. The molecule has 0 aliphatic carbocycles. The standard InChI is InChI=1S/C18H22N4O5/c1-22(9-16(24)21-12(10-23)7-17(25)26)18(27)14(19)6-11-8-20-15-5-3-2-4-13(11)15/h2-5,8,10,12,14,20H,6-7,9,19H2,1H3,(H,21,24)(H,25,26)/t12-,14-/m0/s1. The van der Waals surface area contributed by atoms with E-state index in [1.807, 2.05) is 24.3 Å². The Morgan fingerprint density at radius 3 is 2.70 bits per heavy atom. The zero-order chi connectivity index (χ0) is 20.0. The van der Waals surface area contributed by atoms with E-state index in [1.54, 1.807) is 6.20 Å². The summed E-state index contributed by atoms with van der Waals surface area (Å²) in [6, 6.07) is 5.66. The summed E-state index contributed by atoms with van der Waals surface area (Å²) in [5.41, 5.74) is 7.84. The summed E-state index contributed by atoms with van der Waals surface area (Å²) in [5, 5.41) is 11.9. The van der Waals surface area contributed by atoms with Crippen molar-refractivity contribution in [2.75, 3.05) is 13.6 Å². The fourth-order valence-electron chi connectivity index (χ4n) is 2.77. The first kappa shape index (κ1) is 20.1. The van der Waals surface area contributed by atoms with E-state index in [9.17, 15) is 19.2 Å². The molecule has 2 aromatic rings. The van der Waals surface area contributed by atoms with Gasteiger partial charge in [0.1, 0.15) is 6.29 Å². The van der Waals surface area contributed by atoms with Gasteiger partial charge in [0, 0.05) is 24.1 Å². The smallest absolute Gasteiger partial charge is 0.305 e. The number of aromatic nitrogens is 1. The average Bonchev–Trinajstić information content (AvgIpc) is 3.02. The van der Waals surface area contributed by atoms with Gasteiger partial charge in [0.25, 0.3) is 0 Å². The van der Waals surface area contributed by atoms with Crippen LogP contribution in [0, 0.1) is 0 Å². The number of para-hydroxylation sites is 1. The van der Waals surface area contributed by atoms with E-state index in [0.717, 1.165) is 21.4 Å². The molecule has 0 unspecified atom stereocenters. The van der Waals surface area contributed by atoms with E-state index in [4.69, 9.17) is 10.8 Å². The number of hydrogen-bond acceptors (Lipinski definition) is 5. The van der Waals surface area contributed by atoms with E-state index < -0.39 is 36.3 Å². The Kier molecular flexibility index (Phi) is 6.67. The highest BCUT2D eigenvalue weighted by Gasteiger charge is 2.23. The minimum atomic E-state index is -1.21. The lowest BCUT2D eigenvalue weighted by Crippen LogP contribution is -2.48. The van der Waals surface area contributed by atoms with Crippen LogP contribution >= 0.6 is 0 Å². The van der Waals surface area contributed by atoms with Crippen molar-refractivity contribution in [3.8, 4) is 0 Å². The molecule has 0 saturated carbocycles. The maximum atomic E-state index is 12.4. The summed E-state index contributed by atoms with van der Waals surface area (Å²) >= 11 is 0. The van der Waals surface area contributed by atoms with Crippen LogP contribution in [0.2, 0.25) is 0 Å². The third-order valence-corrected chi connectivity index (χ3v) is 4.09. The number of rotatable bonds is 9. The number of H-pyrrole nitrogens is 1. The number of aromatic amines is 1. The first-order valence-corrected chi connectivity index (χ1v) is 8.33. The van der Waals surface area contributed by atoms with Gasteiger partial charge in [-0.05, 0) is 18.1 Å². The zero-order valence-corrected chi connectivity index (χ0v) is 14.8. The average molecular weight is 374 g/mol. The third kappa shape index (κ3) is 5.38. The van der Waals surface area contributed by atoms with Crippen LogP contribution in [0.25, 0.3) is 10.9 Å². The van der Waals surface area contributed by atoms with Gasteiger partial charge in [-0.3, -0.25) is 14.4 Å². The normalized spacial score (nSPS) is 13.0. The molecule has 2 atom stereocenters. The molecule has 0 fully saturated rings. The van der Waals surface area contributed by atoms with Crippen molar-refractivity contribution in [3.05, 3.63) is 36.0 Å². The van der Waals surface area contributed by atoms with Gasteiger partial charge in [0.15, 0.2) is 0 Å². The minimum Gasteiger partial charge on any atom is -0.481 e. The number of carbonyl (C=O) groups excluding carboxylic acids is 3. The van der Waals surface area contributed by atoms with Crippen molar-refractivity contribution in [2.24, 2.45) is 5.73 Å². The van der Waals surface area contributed by atoms with Crippen LogP contribution in [0.4, 0.5) is 0 Å². The molecule has 0 spiro atoms. The molecule has 1 aromatic heterocycles. The molecule has 5 N–H and O–H groups in total. The highest BCUT2D eigenvalue weighted by atomic mass is 16.4. The van der Waals surface area contributed by atoms with Crippen LogP contribution in [-0.4, -0.2) is 64.7 Å². The zero-order valence-electron chi connectivity index (χ0n) is 14.8. The third-order valence-electron chi connectivity index (χ3n) is 4.09. The van der Waals surface area contributed by atoms with Gasteiger partial charge in [-0.25, -0.2) is 0 Å². The van der Waals surface area contributed by atoms with Crippen molar-refractivity contribution in [1.29, 1.82) is 0 Å². The maximum absolute atomic E-state index is 12.4. The molecule has 0 bridgehead atoms. The number of fused-ring (bicyclic) bond motifs is 1. The van der Waals surface area contributed by atoms with Crippen LogP contribution in [0.5, 0.6) is 0 Å². The lowest BCUT2D eigenvalue weighted by atomic mass is 10.0. The fraction of sp³-hybridized carbons (Fsp3) is 0.333. The van der Waals surface area contributed by atoms with Crippen LogP contribution in [0.15, 0.2) is 30.5 Å². The first-order valence-electron chi connectivity index (χ1n) is 8.33. The number of nitrogens with two attached hydrogens (primary N) is 1. The second-order valence-corrected chi connectivity index (χ2v) is 6.27. The largest absolute Gasteiger partial charge is 0.481 e. The van der Waals surface area contributed by atoms with Gasteiger partial charge in [-0.1, -0.05) is 18.2 Å². The number of nitrogens with zero attached hydrogens (tertiary/aromatic N) is 1. The van der Waals surface area contributed by atoms with Gasteiger partial charge in [-0.2, -0.15) is 0 Å². The Hall–Kier alpha value is -3.20. The van der Waals surface area contributed by atoms with Gasteiger partial charge in [-0.15, -0.1) is 0 Å². The monoisotopic (exact) mass is 374 g/mol. The quantitative estimate of drug-likeness (QED) is 0.442. The molecule has 9 heteroatoms. The van der Waals surface area contributed by atoms with Crippen molar-refractivity contribution in [2.45, 2.75) is 24.9 Å². The van der Waals surface area contributed by atoms with E-state index >= 15 is 0 Å². The lowest BCUT2D eigenvalue weighted by molar-refractivity contribution is -0.139. The number of nitrogens with one attached hydrogen (secondary N) is 2. The Bertz CT molecular complexity index is 847. The van der Waals surface area contributed by atoms with Crippen molar-refractivity contribution < 1.29 is 24.3 Å². The number of aliphatic carboxylic acids is 1. The van der Waals surface area contributed by atoms with Gasteiger partial charge >= 0.3 is 5.97 Å². The number of benzene rings is 1. The number of hydrogen-bond donors (Lipinski definition) is 4. The predicted molar refractivity (Wildman–Crippen MR) is 97.9 cm³/mol. The van der Waals surface area contributed by atoms with Gasteiger partial charge < -0.3 is 30.8 Å². The molecule has 1 heterocycles. The van der Waals surface area contributed by atoms with Crippen molar-refractivity contribution >= 4 is 35.0 Å². The predicted octanol–water partition coefficient (Wildman–Crippen LogP) is -0.345. The molecule has 0 aliphatic heterocycles. The highest BCUT2D eigenvalue weighted by Crippen LogP contribution is 2.19. The number of likely N-dealkylation sites (N-methyl/N-ethyl adjacent to an activating group) is 1. The molecule has 27 heavy (non-hydrogen) atoms. The second-order valence-electron chi connectivity index (χ2n) is 6.27. The maximum Gasteiger partial charge on any atom is 0.305 e. The Morgan fingerprint density at radius 1 is 1.33 bits per heavy atom. The molecular formula is C18H22N4O5. The molecule has 2 amide bonds. The van der Waals surface area contributed by atoms with E-state index in [2.05, 4.69) is 10.3 Å². The molecule has 0 saturated heterocycles. The van der Waals surface area contributed by atoms with Gasteiger partial charge in [0.2, 0.25) is 11.8 Å². The number of carbonyl (C=O) groups is 4. The van der Waals surface area contributed by atoms with Crippen molar-refractivity contribution in [3.63, 3.8) is 0 Å². The molecule has 144 valence electrons. The highest BCUT2D eigenvalue weighted by molar-refractivity contribution is 5.90. The van der Waals surface area contributed by atoms with Crippen LogP contribution in [0.3, 0.4) is 0 Å².